The van der Waals surface area contributed by atoms with Crippen LogP contribution in [0.2, 0.25) is 0 Å². The number of nitrogens with one attached hydrogen (secondary N) is 1. The second-order valence-electron chi connectivity index (χ2n) is 2.15. The van der Waals surface area contributed by atoms with Gasteiger partial charge in [-0.05, 0) is 47.7 Å². The summed E-state index contributed by atoms with van der Waals surface area (Å²) in [6, 6.07) is 5.01. The standard InChI is InChI=1S/C8H9FIN/c1-2-11-8-5-6(10)3-4-7(8)9/h3-5,11H,2H2,1H3. The fraction of sp³-hybridized carbons (Fsp3) is 0.250. The molecular weight excluding hydrogens is 256 g/mol. The average molecular weight is 265 g/mol. The summed E-state index contributed by atoms with van der Waals surface area (Å²) in [6.07, 6.45) is 0. The number of hydrogen-bond donors (Lipinski definition) is 1. The largest absolute Gasteiger partial charge is 0.383 e. The molecule has 3 heteroatoms. The van der Waals surface area contributed by atoms with Crippen LogP contribution in [-0.2, 0) is 0 Å². The Morgan fingerprint density at radius 1 is 1.55 bits per heavy atom. The Balaban J connectivity index is 2.93. The van der Waals surface area contributed by atoms with Gasteiger partial charge in [-0.2, -0.15) is 0 Å². The Morgan fingerprint density at radius 2 is 2.27 bits per heavy atom. The van der Waals surface area contributed by atoms with E-state index in [0.717, 1.165) is 10.1 Å². The van der Waals surface area contributed by atoms with E-state index in [2.05, 4.69) is 27.9 Å². The third-order valence-corrected chi connectivity index (χ3v) is 1.97. The number of benzene rings is 1. The number of anilines is 1. The van der Waals surface area contributed by atoms with Gasteiger partial charge in [0.15, 0.2) is 0 Å². The Labute approximate surface area is 79.1 Å². The highest BCUT2D eigenvalue weighted by Gasteiger charge is 1.99. The number of halogens is 2. The van der Waals surface area contributed by atoms with E-state index in [-0.39, 0.29) is 5.82 Å². The molecule has 1 nitrogen and oxygen atoms in total. The molecule has 0 aliphatic heterocycles. The van der Waals surface area contributed by atoms with Crippen molar-refractivity contribution >= 4 is 28.3 Å². The van der Waals surface area contributed by atoms with Crippen LogP contribution in [0.15, 0.2) is 18.2 Å². The Hall–Kier alpha value is -0.320. The molecule has 0 bridgehead atoms. The van der Waals surface area contributed by atoms with Gasteiger partial charge < -0.3 is 5.32 Å². The van der Waals surface area contributed by atoms with Crippen LogP contribution in [0.25, 0.3) is 0 Å². The maximum Gasteiger partial charge on any atom is 0.146 e. The highest BCUT2D eigenvalue weighted by atomic mass is 127. The minimum absolute atomic E-state index is 0.188. The monoisotopic (exact) mass is 265 g/mol. The lowest BCUT2D eigenvalue weighted by atomic mass is 10.3. The Morgan fingerprint density at radius 3 is 2.91 bits per heavy atom. The van der Waals surface area contributed by atoms with Crippen molar-refractivity contribution in [3.05, 3.63) is 27.6 Å². The molecule has 0 aromatic heterocycles. The Kier molecular flexibility index (Phi) is 3.11. The molecule has 1 N–H and O–H groups in total. The molecule has 0 saturated carbocycles. The van der Waals surface area contributed by atoms with Crippen molar-refractivity contribution < 1.29 is 4.39 Å². The Bertz CT molecular complexity index is 250. The van der Waals surface area contributed by atoms with E-state index in [0.29, 0.717) is 5.69 Å². The van der Waals surface area contributed by atoms with E-state index in [4.69, 9.17) is 0 Å². The zero-order valence-corrected chi connectivity index (χ0v) is 8.35. The molecule has 0 amide bonds. The lowest BCUT2D eigenvalue weighted by molar-refractivity contribution is 0.630. The first-order chi connectivity index (χ1) is 5.24. The second-order valence-corrected chi connectivity index (χ2v) is 3.40. The van der Waals surface area contributed by atoms with Crippen LogP contribution >= 0.6 is 22.6 Å². The summed E-state index contributed by atoms with van der Waals surface area (Å²) in [4.78, 5) is 0. The molecule has 0 fully saturated rings. The third kappa shape index (κ3) is 2.32. The van der Waals surface area contributed by atoms with Crippen molar-refractivity contribution in [2.75, 3.05) is 11.9 Å². The predicted octanol–water partition coefficient (Wildman–Crippen LogP) is 2.86. The average Bonchev–Trinajstić information content (AvgIpc) is 1.98. The molecule has 1 rings (SSSR count). The molecular formula is C8H9FIN. The summed E-state index contributed by atoms with van der Waals surface area (Å²) < 4.78 is 13.9. The molecule has 0 heterocycles. The van der Waals surface area contributed by atoms with E-state index in [9.17, 15) is 4.39 Å². The lowest BCUT2D eigenvalue weighted by Gasteiger charge is -2.03. The SMILES string of the molecule is CCNc1cc(I)ccc1F. The molecule has 0 aliphatic rings. The van der Waals surface area contributed by atoms with Crippen LogP contribution in [0.1, 0.15) is 6.92 Å². The maximum atomic E-state index is 12.9. The van der Waals surface area contributed by atoms with Crippen LogP contribution in [0.4, 0.5) is 10.1 Å². The first kappa shape index (κ1) is 8.77. The van der Waals surface area contributed by atoms with Crippen LogP contribution < -0.4 is 5.32 Å². The smallest absolute Gasteiger partial charge is 0.146 e. The molecule has 0 spiro atoms. The first-order valence-corrected chi connectivity index (χ1v) is 4.51. The summed E-state index contributed by atoms with van der Waals surface area (Å²) in [5.41, 5.74) is 0.583. The molecule has 1 aromatic rings. The quantitative estimate of drug-likeness (QED) is 0.811. The second kappa shape index (κ2) is 3.90. The van der Waals surface area contributed by atoms with Gasteiger partial charge in [-0.15, -0.1) is 0 Å². The normalized spacial score (nSPS) is 9.73. The minimum Gasteiger partial charge on any atom is -0.383 e. The van der Waals surface area contributed by atoms with Gasteiger partial charge in [0.1, 0.15) is 5.82 Å². The van der Waals surface area contributed by atoms with E-state index in [1.54, 1.807) is 12.1 Å². The van der Waals surface area contributed by atoms with Gasteiger partial charge in [-0.25, -0.2) is 4.39 Å². The van der Waals surface area contributed by atoms with Crippen molar-refractivity contribution in [3.8, 4) is 0 Å². The summed E-state index contributed by atoms with van der Waals surface area (Å²) in [5.74, 6) is -0.188. The molecule has 1 aromatic carbocycles. The fourth-order valence-electron chi connectivity index (χ4n) is 0.823. The van der Waals surface area contributed by atoms with Crippen molar-refractivity contribution in [1.29, 1.82) is 0 Å². The highest BCUT2D eigenvalue weighted by molar-refractivity contribution is 14.1. The zero-order chi connectivity index (χ0) is 8.27. The number of rotatable bonds is 2. The number of hydrogen-bond acceptors (Lipinski definition) is 1. The molecule has 0 saturated heterocycles. The van der Waals surface area contributed by atoms with E-state index in [1.807, 2.05) is 6.92 Å². The van der Waals surface area contributed by atoms with Gasteiger partial charge in [-0.1, -0.05) is 0 Å². The topological polar surface area (TPSA) is 12.0 Å². The molecule has 0 atom stereocenters. The van der Waals surface area contributed by atoms with Gasteiger partial charge in [-0.3, -0.25) is 0 Å². The van der Waals surface area contributed by atoms with Gasteiger partial charge >= 0.3 is 0 Å². The zero-order valence-electron chi connectivity index (χ0n) is 6.20. The van der Waals surface area contributed by atoms with E-state index in [1.165, 1.54) is 6.07 Å². The van der Waals surface area contributed by atoms with Gasteiger partial charge in [0.2, 0.25) is 0 Å². The molecule has 11 heavy (non-hydrogen) atoms. The molecule has 0 radical (unpaired) electrons. The first-order valence-electron chi connectivity index (χ1n) is 3.43. The predicted molar refractivity (Wildman–Crippen MR) is 53.3 cm³/mol. The highest BCUT2D eigenvalue weighted by Crippen LogP contribution is 2.16. The van der Waals surface area contributed by atoms with Crippen molar-refractivity contribution in [2.45, 2.75) is 6.92 Å². The third-order valence-electron chi connectivity index (χ3n) is 1.30. The van der Waals surface area contributed by atoms with Crippen molar-refractivity contribution in [2.24, 2.45) is 0 Å². The maximum absolute atomic E-state index is 12.9. The summed E-state index contributed by atoms with van der Waals surface area (Å²) in [7, 11) is 0. The van der Waals surface area contributed by atoms with Gasteiger partial charge in [0, 0.05) is 10.1 Å². The van der Waals surface area contributed by atoms with Crippen molar-refractivity contribution in [3.63, 3.8) is 0 Å². The van der Waals surface area contributed by atoms with E-state index >= 15 is 0 Å². The molecule has 0 unspecified atom stereocenters. The molecule has 0 aliphatic carbocycles. The lowest BCUT2D eigenvalue weighted by Crippen LogP contribution is -1.99. The summed E-state index contributed by atoms with van der Waals surface area (Å²) in [6.45, 7) is 2.69. The minimum atomic E-state index is -0.188. The van der Waals surface area contributed by atoms with E-state index < -0.39 is 0 Å². The van der Waals surface area contributed by atoms with Crippen LogP contribution in [0.3, 0.4) is 0 Å². The van der Waals surface area contributed by atoms with Gasteiger partial charge in [0.05, 0.1) is 5.69 Å². The van der Waals surface area contributed by atoms with Gasteiger partial charge in [0.25, 0.3) is 0 Å². The van der Waals surface area contributed by atoms with Crippen LogP contribution in [-0.4, -0.2) is 6.54 Å². The van der Waals surface area contributed by atoms with Crippen molar-refractivity contribution in [1.82, 2.24) is 0 Å². The van der Waals surface area contributed by atoms with Crippen LogP contribution in [0, 0.1) is 9.39 Å². The summed E-state index contributed by atoms with van der Waals surface area (Å²) >= 11 is 2.16. The summed E-state index contributed by atoms with van der Waals surface area (Å²) in [5, 5.41) is 2.94. The fourth-order valence-corrected chi connectivity index (χ4v) is 1.31. The molecule has 60 valence electrons. The van der Waals surface area contributed by atoms with Crippen LogP contribution in [0.5, 0.6) is 0 Å².